The molecule has 0 fully saturated rings. The highest BCUT2D eigenvalue weighted by Crippen LogP contribution is 2.28. The third-order valence-electron chi connectivity index (χ3n) is 2.25. The molecule has 2 N–H and O–H groups in total. The van der Waals surface area contributed by atoms with E-state index in [4.69, 9.17) is 5.73 Å². The van der Waals surface area contributed by atoms with E-state index in [1.54, 1.807) is 0 Å². The van der Waals surface area contributed by atoms with Crippen molar-refractivity contribution in [1.29, 1.82) is 0 Å². The van der Waals surface area contributed by atoms with Crippen molar-refractivity contribution < 1.29 is 13.2 Å². The van der Waals surface area contributed by atoms with Gasteiger partial charge < -0.3 is 5.73 Å². The molecule has 0 aliphatic heterocycles. The van der Waals surface area contributed by atoms with Crippen LogP contribution in [0.1, 0.15) is 77.8 Å². The number of rotatable bonds is 3. The van der Waals surface area contributed by atoms with Gasteiger partial charge in [-0.05, 0) is 24.6 Å². The Morgan fingerprint density at radius 1 is 1.00 bits per heavy atom. The van der Waals surface area contributed by atoms with Gasteiger partial charge in [0.25, 0.3) is 0 Å². The highest BCUT2D eigenvalue weighted by atomic mass is 19.4. The standard InChI is InChI=1S/C8H9F3N2.C5H12.2C2H6/c1-5-2-6(4-12)3-7(13-5)8(9,10)11;1-3-5-4-2;2*1-2/h2-3H,4,12H2,1H3;3-5H2,1-2H3;2*1-2H3. The Morgan fingerprint density at radius 2 is 1.45 bits per heavy atom. The molecule has 1 aromatic rings. The van der Waals surface area contributed by atoms with Crippen LogP contribution in [-0.2, 0) is 12.7 Å². The number of hydrogen-bond donors (Lipinski definition) is 1. The van der Waals surface area contributed by atoms with E-state index in [9.17, 15) is 13.2 Å². The number of hydrogen-bond acceptors (Lipinski definition) is 2. The molecule has 0 unspecified atom stereocenters. The highest BCUT2D eigenvalue weighted by molar-refractivity contribution is 5.22. The quantitative estimate of drug-likeness (QED) is 0.728. The predicted octanol–water partition coefficient (Wildman–Crippen LogP) is 6.12. The zero-order valence-electron chi connectivity index (χ0n) is 15.1. The minimum absolute atomic E-state index is 0.0897. The molecule has 0 aliphatic rings. The molecule has 1 heterocycles. The first-order valence-corrected chi connectivity index (χ1v) is 8.09. The molecule has 0 aromatic carbocycles. The summed E-state index contributed by atoms with van der Waals surface area (Å²) in [5.74, 6) is 0. The Balaban J connectivity index is -0.000000338. The molecule has 0 amide bonds. The van der Waals surface area contributed by atoms with Gasteiger partial charge in [-0.15, -0.1) is 0 Å². The summed E-state index contributed by atoms with van der Waals surface area (Å²) in [5, 5.41) is 0. The summed E-state index contributed by atoms with van der Waals surface area (Å²) in [6, 6.07) is 2.50. The first-order chi connectivity index (χ1) is 10.3. The lowest BCUT2D eigenvalue weighted by molar-refractivity contribution is -0.141. The van der Waals surface area contributed by atoms with Gasteiger partial charge in [0.05, 0.1) is 0 Å². The number of nitrogens with zero attached hydrogens (tertiary/aromatic N) is 1. The van der Waals surface area contributed by atoms with Crippen LogP contribution in [0.5, 0.6) is 0 Å². The molecule has 0 aliphatic carbocycles. The Kier molecular flexibility index (Phi) is 19.1. The molecule has 0 saturated heterocycles. The van der Waals surface area contributed by atoms with Crippen LogP contribution in [0.3, 0.4) is 0 Å². The highest BCUT2D eigenvalue weighted by Gasteiger charge is 2.32. The molecule has 0 spiro atoms. The van der Waals surface area contributed by atoms with Crippen LogP contribution < -0.4 is 5.73 Å². The number of nitrogens with two attached hydrogens (primary N) is 1. The topological polar surface area (TPSA) is 38.9 Å². The minimum atomic E-state index is -4.39. The Hall–Kier alpha value is -1.10. The largest absolute Gasteiger partial charge is 0.433 e. The SMILES string of the molecule is CC.CC.CCCCC.Cc1cc(CN)cc(C(F)(F)F)n1. The lowest BCUT2D eigenvalue weighted by Crippen LogP contribution is -2.10. The summed E-state index contributed by atoms with van der Waals surface area (Å²) in [6.45, 7) is 14.0. The van der Waals surface area contributed by atoms with Crippen LogP contribution in [0.15, 0.2) is 12.1 Å². The monoisotopic (exact) mass is 322 g/mol. The fourth-order valence-corrected chi connectivity index (χ4v) is 1.36. The maximum atomic E-state index is 12.2. The van der Waals surface area contributed by atoms with Crippen molar-refractivity contribution >= 4 is 0 Å². The van der Waals surface area contributed by atoms with E-state index in [1.807, 2.05) is 27.7 Å². The average molecular weight is 322 g/mol. The molecule has 2 nitrogen and oxygen atoms in total. The molecule has 132 valence electrons. The Bertz CT molecular complexity index is 348. The number of alkyl halides is 3. The van der Waals surface area contributed by atoms with Crippen molar-refractivity contribution in [3.05, 3.63) is 29.1 Å². The fourth-order valence-electron chi connectivity index (χ4n) is 1.36. The summed E-state index contributed by atoms with van der Waals surface area (Å²) < 4.78 is 36.5. The van der Waals surface area contributed by atoms with E-state index in [-0.39, 0.29) is 6.54 Å². The van der Waals surface area contributed by atoms with E-state index in [1.165, 1.54) is 32.3 Å². The molecule has 0 saturated carbocycles. The lowest BCUT2D eigenvalue weighted by atomic mass is 10.2. The molecular formula is C17H33F3N2. The Morgan fingerprint density at radius 3 is 1.73 bits per heavy atom. The summed E-state index contributed by atoms with van der Waals surface area (Å²) in [5.41, 5.74) is 5.13. The van der Waals surface area contributed by atoms with Gasteiger partial charge in [0.2, 0.25) is 0 Å². The summed E-state index contributed by atoms with van der Waals surface area (Å²) in [6.07, 6.45) is -0.317. The first kappa shape index (κ1) is 25.8. The fraction of sp³-hybridized carbons (Fsp3) is 0.706. The predicted molar refractivity (Wildman–Crippen MR) is 89.8 cm³/mol. The van der Waals surface area contributed by atoms with Crippen molar-refractivity contribution in [3.8, 4) is 0 Å². The van der Waals surface area contributed by atoms with Crippen molar-refractivity contribution in [2.24, 2.45) is 5.73 Å². The summed E-state index contributed by atoms with van der Waals surface area (Å²) in [7, 11) is 0. The molecule has 22 heavy (non-hydrogen) atoms. The molecule has 0 radical (unpaired) electrons. The van der Waals surface area contributed by atoms with Crippen molar-refractivity contribution in [1.82, 2.24) is 4.98 Å². The van der Waals surface area contributed by atoms with E-state index >= 15 is 0 Å². The van der Waals surface area contributed by atoms with Crippen molar-refractivity contribution in [3.63, 3.8) is 0 Å². The van der Waals surface area contributed by atoms with Gasteiger partial charge >= 0.3 is 6.18 Å². The number of halogens is 3. The van der Waals surface area contributed by atoms with Crippen LogP contribution in [0.2, 0.25) is 0 Å². The van der Waals surface area contributed by atoms with Gasteiger partial charge in [-0.3, -0.25) is 0 Å². The average Bonchev–Trinajstić information content (AvgIpc) is 2.51. The van der Waals surface area contributed by atoms with Crippen LogP contribution >= 0.6 is 0 Å². The number of aryl methyl sites for hydroxylation is 1. The third kappa shape index (κ3) is 13.9. The molecule has 1 rings (SSSR count). The van der Waals surface area contributed by atoms with Crippen LogP contribution in [-0.4, -0.2) is 4.98 Å². The second kappa shape index (κ2) is 16.3. The lowest BCUT2D eigenvalue weighted by Gasteiger charge is -2.08. The minimum Gasteiger partial charge on any atom is -0.326 e. The zero-order chi connectivity index (χ0) is 18.2. The van der Waals surface area contributed by atoms with E-state index in [0.717, 1.165) is 6.07 Å². The van der Waals surface area contributed by atoms with E-state index in [0.29, 0.717) is 11.3 Å². The molecule has 5 heteroatoms. The molecule has 0 atom stereocenters. The normalized spacial score (nSPS) is 9.41. The van der Waals surface area contributed by atoms with Gasteiger partial charge in [0, 0.05) is 12.2 Å². The van der Waals surface area contributed by atoms with Gasteiger partial charge in [-0.2, -0.15) is 13.2 Å². The first-order valence-electron chi connectivity index (χ1n) is 8.09. The molecule has 0 bridgehead atoms. The maximum Gasteiger partial charge on any atom is 0.433 e. The van der Waals surface area contributed by atoms with E-state index < -0.39 is 11.9 Å². The van der Waals surface area contributed by atoms with Gasteiger partial charge in [0.15, 0.2) is 0 Å². The van der Waals surface area contributed by atoms with Crippen molar-refractivity contribution in [2.75, 3.05) is 0 Å². The zero-order valence-corrected chi connectivity index (χ0v) is 15.1. The second-order valence-corrected chi connectivity index (χ2v) is 4.06. The van der Waals surface area contributed by atoms with Crippen molar-refractivity contribution in [2.45, 2.75) is 80.4 Å². The number of pyridine rings is 1. The third-order valence-corrected chi connectivity index (χ3v) is 2.25. The summed E-state index contributed by atoms with van der Waals surface area (Å²) in [4.78, 5) is 3.37. The van der Waals surface area contributed by atoms with Crippen LogP contribution in [0.25, 0.3) is 0 Å². The second-order valence-electron chi connectivity index (χ2n) is 4.06. The molecular weight excluding hydrogens is 289 g/mol. The molecule has 1 aromatic heterocycles. The van der Waals surface area contributed by atoms with Gasteiger partial charge in [-0.1, -0.05) is 60.8 Å². The van der Waals surface area contributed by atoms with Crippen LogP contribution in [0, 0.1) is 6.92 Å². The Labute approximate surface area is 134 Å². The van der Waals surface area contributed by atoms with Gasteiger partial charge in [-0.25, -0.2) is 4.98 Å². The van der Waals surface area contributed by atoms with E-state index in [2.05, 4.69) is 18.8 Å². The van der Waals surface area contributed by atoms with Crippen LogP contribution in [0.4, 0.5) is 13.2 Å². The summed E-state index contributed by atoms with van der Waals surface area (Å²) >= 11 is 0. The maximum absolute atomic E-state index is 12.2. The smallest absolute Gasteiger partial charge is 0.326 e. The van der Waals surface area contributed by atoms with Gasteiger partial charge in [0.1, 0.15) is 5.69 Å². The number of aromatic nitrogens is 1. The number of unbranched alkanes of at least 4 members (excludes halogenated alkanes) is 2.